The molecule has 0 radical (unpaired) electrons. The minimum absolute atomic E-state index is 0.0443. The smallest absolute Gasteiger partial charge is 0.303 e. The Bertz CT molecular complexity index is 579. The first-order valence-electron chi connectivity index (χ1n) is 7.13. The Balaban J connectivity index is 2.36. The standard InChI is InChI=1S/C18H21NO2/c1-18(19,15-10-6-3-7-11-15)16(12-13-17(20)21)14-8-4-2-5-9-14/h2-11,16H,12-13,19H2,1H3,(H,20,21). The summed E-state index contributed by atoms with van der Waals surface area (Å²) in [6.07, 6.45) is 0.625. The fourth-order valence-corrected chi connectivity index (χ4v) is 2.76. The van der Waals surface area contributed by atoms with Crippen LogP contribution in [0, 0.1) is 0 Å². The first-order valence-corrected chi connectivity index (χ1v) is 7.13. The summed E-state index contributed by atoms with van der Waals surface area (Å²) in [4.78, 5) is 11.0. The maximum Gasteiger partial charge on any atom is 0.303 e. The van der Waals surface area contributed by atoms with Gasteiger partial charge >= 0.3 is 5.97 Å². The molecule has 0 bridgehead atoms. The number of hydrogen-bond acceptors (Lipinski definition) is 2. The van der Waals surface area contributed by atoms with E-state index >= 15 is 0 Å². The molecule has 3 nitrogen and oxygen atoms in total. The summed E-state index contributed by atoms with van der Waals surface area (Å²) in [7, 11) is 0. The third-order valence-electron chi connectivity index (χ3n) is 3.97. The lowest BCUT2D eigenvalue weighted by Gasteiger charge is -2.35. The number of carboxylic acid groups (broad SMARTS) is 1. The van der Waals surface area contributed by atoms with Crippen LogP contribution in [0.1, 0.15) is 36.8 Å². The lowest BCUT2D eigenvalue weighted by Crippen LogP contribution is -2.40. The number of carboxylic acids is 1. The van der Waals surface area contributed by atoms with Gasteiger partial charge in [-0.2, -0.15) is 0 Å². The predicted molar refractivity (Wildman–Crippen MR) is 84.0 cm³/mol. The van der Waals surface area contributed by atoms with Crippen LogP contribution in [0.15, 0.2) is 60.7 Å². The third-order valence-corrected chi connectivity index (χ3v) is 3.97. The summed E-state index contributed by atoms with van der Waals surface area (Å²) in [5.74, 6) is -0.836. The monoisotopic (exact) mass is 283 g/mol. The van der Waals surface area contributed by atoms with E-state index in [9.17, 15) is 4.79 Å². The molecule has 0 saturated carbocycles. The molecule has 0 aliphatic carbocycles. The van der Waals surface area contributed by atoms with Gasteiger partial charge in [0, 0.05) is 17.9 Å². The molecule has 2 unspecified atom stereocenters. The summed E-state index contributed by atoms with van der Waals surface area (Å²) in [6, 6.07) is 19.8. The van der Waals surface area contributed by atoms with Crippen LogP contribution in [0.3, 0.4) is 0 Å². The maximum absolute atomic E-state index is 11.0. The Morgan fingerprint density at radius 1 is 1.10 bits per heavy atom. The maximum atomic E-state index is 11.0. The number of rotatable bonds is 6. The van der Waals surface area contributed by atoms with E-state index in [4.69, 9.17) is 10.8 Å². The zero-order chi connectivity index (χ0) is 15.3. The average molecular weight is 283 g/mol. The number of aliphatic carboxylic acids is 1. The molecule has 3 heteroatoms. The lowest BCUT2D eigenvalue weighted by molar-refractivity contribution is -0.137. The van der Waals surface area contributed by atoms with Crippen LogP contribution in [0.2, 0.25) is 0 Å². The Morgan fingerprint density at radius 2 is 1.62 bits per heavy atom. The number of benzene rings is 2. The molecule has 2 atom stereocenters. The lowest BCUT2D eigenvalue weighted by atomic mass is 9.74. The Morgan fingerprint density at radius 3 is 2.14 bits per heavy atom. The van der Waals surface area contributed by atoms with Crippen LogP contribution in [-0.4, -0.2) is 11.1 Å². The molecule has 2 rings (SSSR count). The Labute approximate surface area is 125 Å². The molecule has 0 saturated heterocycles. The van der Waals surface area contributed by atoms with Gasteiger partial charge in [0.25, 0.3) is 0 Å². The van der Waals surface area contributed by atoms with E-state index in [1.54, 1.807) is 0 Å². The van der Waals surface area contributed by atoms with Gasteiger partial charge < -0.3 is 10.8 Å². The van der Waals surface area contributed by atoms with Crippen molar-refractivity contribution in [2.24, 2.45) is 5.73 Å². The quantitative estimate of drug-likeness (QED) is 0.852. The van der Waals surface area contributed by atoms with Gasteiger partial charge in [0.15, 0.2) is 0 Å². The summed E-state index contributed by atoms with van der Waals surface area (Å²) < 4.78 is 0. The van der Waals surface area contributed by atoms with Crippen molar-refractivity contribution in [1.29, 1.82) is 0 Å². The van der Waals surface area contributed by atoms with E-state index in [2.05, 4.69) is 0 Å². The largest absolute Gasteiger partial charge is 0.481 e. The number of carbonyl (C=O) groups is 1. The molecule has 3 N–H and O–H groups in total. The van der Waals surface area contributed by atoms with E-state index in [0.717, 1.165) is 11.1 Å². The molecule has 2 aromatic carbocycles. The van der Waals surface area contributed by atoms with E-state index < -0.39 is 11.5 Å². The van der Waals surface area contributed by atoms with Gasteiger partial charge in [-0.05, 0) is 24.5 Å². The molecule has 0 heterocycles. The molecular weight excluding hydrogens is 262 g/mol. The van der Waals surface area contributed by atoms with Crippen molar-refractivity contribution < 1.29 is 9.90 Å². The van der Waals surface area contributed by atoms with E-state index in [1.807, 2.05) is 67.6 Å². The third kappa shape index (κ3) is 3.70. The minimum Gasteiger partial charge on any atom is -0.481 e. The number of hydrogen-bond donors (Lipinski definition) is 2. The van der Waals surface area contributed by atoms with E-state index in [-0.39, 0.29) is 12.3 Å². The zero-order valence-corrected chi connectivity index (χ0v) is 12.2. The molecule has 0 spiro atoms. The van der Waals surface area contributed by atoms with Crippen LogP contribution in [0.25, 0.3) is 0 Å². The van der Waals surface area contributed by atoms with Crippen molar-refractivity contribution in [2.75, 3.05) is 0 Å². The Hall–Kier alpha value is -2.13. The summed E-state index contributed by atoms with van der Waals surface area (Å²) in [6.45, 7) is 1.97. The van der Waals surface area contributed by atoms with Gasteiger partial charge in [0.1, 0.15) is 0 Å². The van der Waals surface area contributed by atoms with Crippen molar-refractivity contribution >= 4 is 5.97 Å². The fraction of sp³-hybridized carbons (Fsp3) is 0.278. The SMILES string of the molecule is CC(N)(c1ccccc1)C(CCC(=O)O)c1ccccc1. The van der Waals surface area contributed by atoms with Gasteiger partial charge in [-0.25, -0.2) is 0 Å². The second-order valence-electron chi connectivity index (χ2n) is 5.54. The van der Waals surface area contributed by atoms with Crippen LogP contribution >= 0.6 is 0 Å². The van der Waals surface area contributed by atoms with Crippen molar-refractivity contribution in [3.05, 3.63) is 71.8 Å². The normalized spacial score (nSPS) is 15.1. The average Bonchev–Trinajstić information content (AvgIpc) is 2.49. The molecule has 0 aliphatic rings. The van der Waals surface area contributed by atoms with Crippen LogP contribution in [0.4, 0.5) is 0 Å². The molecular formula is C18H21NO2. The highest BCUT2D eigenvalue weighted by Gasteiger charge is 2.33. The second-order valence-corrected chi connectivity index (χ2v) is 5.54. The predicted octanol–water partition coefficient (Wildman–Crippen LogP) is 3.51. The molecule has 110 valence electrons. The zero-order valence-electron chi connectivity index (χ0n) is 12.2. The van der Waals surface area contributed by atoms with Gasteiger partial charge in [-0.3, -0.25) is 4.79 Å². The second kappa shape index (κ2) is 6.55. The minimum atomic E-state index is -0.792. The van der Waals surface area contributed by atoms with Crippen molar-refractivity contribution in [3.63, 3.8) is 0 Å². The summed E-state index contributed by atoms with van der Waals surface area (Å²) in [5, 5.41) is 9.00. The topological polar surface area (TPSA) is 63.3 Å². The van der Waals surface area contributed by atoms with Gasteiger partial charge in [0.2, 0.25) is 0 Å². The first kappa shape index (κ1) is 15.3. The number of nitrogens with two attached hydrogens (primary N) is 1. The highest BCUT2D eigenvalue weighted by Crippen LogP contribution is 2.37. The van der Waals surface area contributed by atoms with Crippen LogP contribution < -0.4 is 5.73 Å². The van der Waals surface area contributed by atoms with E-state index in [0.29, 0.717) is 6.42 Å². The van der Waals surface area contributed by atoms with Crippen molar-refractivity contribution in [2.45, 2.75) is 31.2 Å². The molecule has 21 heavy (non-hydrogen) atoms. The van der Waals surface area contributed by atoms with Gasteiger partial charge in [-0.15, -0.1) is 0 Å². The summed E-state index contributed by atoms with van der Waals surface area (Å²) in [5.41, 5.74) is 8.09. The van der Waals surface area contributed by atoms with Gasteiger partial charge in [0.05, 0.1) is 0 Å². The van der Waals surface area contributed by atoms with Gasteiger partial charge in [-0.1, -0.05) is 60.7 Å². The highest BCUT2D eigenvalue weighted by molar-refractivity contribution is 5.66. The Kier molecular flexibility index (Phi) is 4.76. The van der Waals surface area contributed by atoms with Crippen molar-refractivity contribution in [3.8, 4) is 0 Å². The van der Waals surface area contributed by atoms with E-state index in [1.165, 1.54) is 0 Å². The first-order chi connectivity index (χ1) is 10.0. The molecule has 0 aliphatic heterocycles. The highest BCUT2D eigenvalue weighted by atomic mass is 16.4. The van der Waals surface area contributed by atoms with Crippen LogP contribution in [-0.2, 0) is 10.3 Å². The molecule has 0 fully saturated rings. The molecule has 2 aromatic rings. The molecule has 0 amide bonds. The molecule has 0 aromatic heterocycles. The summed E-state index contributed by atoms with van der Waals surface area (Å²) >= 11 is 0. The van der Waals surface area contributed by atoms with Crippen molar-refractivity contribution in [1.82, 2.24) is 0 Å². The fourth-order valence-electron chi connectivity index (χ4n) is 2.76. The van der Waals surface area contributed by atoms with Crippen LogP contribution in [0.5, 0.6) is 0 Å².